The topological polar surface area (TPSA) is 70.2 Å². The molecule has 1 aromatic carbocycles. The van der Waals surface area contributed by atoms with Crippen molar-refractivity contribution in [1.29, 1.82) is 0 Å². The molecule has 2 amide bonds. The lowest BCUT2D eigenvalue weighted by molar-refractivity contribution is -0.122. The van der Waals surface area contributed by atoms with E-state index in [-0.39, 0.29) is 17.9 Å². The van der Waals surface area contributed by atoms with Gasteiger partial charge >= 0.3 is 0 Å². The Labute approximate surface area is 111 Å². The van der Waals surface area contributed by atoms with Crippen LogP contribution in [0.1, 0.15) is 24.0 Å². The second-order valence-corrected chi connectivity index (χ2v) is 5.06. The maximum atomic E-state index is 12.0. The first kappa shape index (κ1) is 12.2. The number of nitrogens with one attached hydrogen (secondary N) is 3. The Bertz CT molecular complexity index is 527. The average molecular weight is 259 g/mol. The number of carbonyl (C=O) groups is 2. The van der Waals surface area contributed by atoms with Gasteiger partial charge in [0.1, 0.15) is 6.04 Å². The van der Waals surface area contributed by atoms with Crippen LogP contribution in [0.3, 0.4) is 0 Å². The van der Waals surface area contributed by atoms with Gasteiger partial charge in [-0.1, -0.05) is 6.07 Å². The molecular weight excluding hydrogens is 242 g/mol. The molecule has 100 valence electrons. The lowest BCUT2D eigenvalue weighted by atomic mass is 10.0. The molecule has 0 aromatic heterocycles. The van der Waals surface area contributed by atoms with E-state index in [4.69, 9.17) is 0 Å². The molecule has 0 saturated carbocycles. The van der Waals surface area contributed by atoms with Crippen molar-refractivity contribution in [3.63, 3.8) is 0 Å². The van der Waals surface area contributed by atoms with Gasteiger partial charge in [0.25, 0.3) is 0 Å². The van der Waals surface area contributed by atoms with E-state index in [1.54, 1.807) is 0 Å². The van der Waals surface area contributed by atoms with Crippen molar-refractivity contribution in [2.45, 2.75) is 31.8 Å². The van der Waals surface area contributed by atoms with Crippen LogP contribution in [-0.2, 0) is 22.6 Å². The lowest BCUT2D eigenvalue weighted by Gasteiger charge is -2.18. The predicted molar refractivity (Wildman–Crippen MR) is 71.6 cm³/mol. The molecule has 5 heteroatoms. The van der Waals surface area contributed by atoms with Gasteiger partial charge in [-0.15, -0.1) is 0 Å². The van der Waals surface area contributed by atoms with E-state index in [2.05, 4.69) is 22.0 Å². The van der Waals surface area contributed by atoms with E-state index in [9.17, 15) is 9.59 Å². The SMILES string of the molecule is O=C1CC[C@H](C(=O)Nc2ccc3c(c2)CNCC3)N1. The van der Waals surface area contributed by atoms with Crippen molar-refractivity contribution in [2.75, 3.05) is 11.9 Å². The average Bonchev–Trinajstić information content (AvgIpc) is 2.85. The molecule has 3 rings (SSSR count). The smallest absolute Gasteiger partial charge is 0.246 e. The highest BCUT2D eigenvalue weighted by Crippen LogP contribution is 2.19. The van der Waals surface area contributed by atoms with E-state index in [0.717, 1.165) is 25.2 Å². The third kappa shape index (κ3) is 2.61. The largest absolute Gasteiger partial charge is 0.344 e. The van der Waals surface area contributed by atoms with Crippen LogP contribution in [0.5, 0.6) is 0 Å². The zero-order chi connectivity index (χ0) is 13.2. The molecule has 1 aromatic rings. The number of hydrogen-bond donors (Lipinski definition) is 3. The first-order valence-electron chi connectivity index (χ1n) is 6.65. The zero-order valence-corrected chi connectivity index (χ0v) is 10.7. The fourth-order valence-corrected chi connectivity index (χ4v) is 2.60. The maximum absolute atomic E-state index is 12.0. The standard InChI is InChI=1S/C14H17N3O2/c18-13-4-3-12(17-13)14(19)16-11-2-1-9-5-6-15-8-10(9)7-11/h1-2,7,12,15H,3-6,8H2,(H,16,19)(H,17,18)/t12-/m1/s1. The van der Waals surface area contributed by atoms with Gasteiger partial charge in [0, 0.05) is 18.7 Å². The Morgan fingerprint density at radius 3 is 2.95 bits per heavy atom. The quantitative estimate of drug-likeness (QED) is 0.726. The van der Waals surface area contributed by atoms with Crippen LogP contribution in [0.2, 0.25) is 0 Å². The van der Waals surface area contributed by atoms with Crippen molar-refractivity contribution in [1.82, 2.24) is 10.6 Å². The first-order chi connectivity index (χ1) is 9.22. The summed E-state index contributed by atoms with van der Waals surface area (Å²) in [7, 11) is 0. The van der Waals surface area contributed by atoms with Crippen LogP contribution < -0.4 is 16.0 Å². The minimum absolute atomic E-state index is 0.0465. The van der Waals surface area contributed by atoms with Crippen LogP contribution >= 0.6 is 0 Å². The molecular formula is C14H17N3O2. The molecule has 0 spiro atoms. The Balaban J connectivity index is 1.69. The van der Waals surface area contributed by atoms with Gasteiger partial charge in [0.15, 0.2) is 0 Å². The van der Waals surface area contributed by atoms with Crippen molar-refractivity contribution in [3.05, 3.63) is 29.3 Å². The molecule has 1 atom stereocenters. The third-order valence-corrected chi connectivity index (χ3v) is 3.67. The highest BCUT2D eigenvalue weighted by atomic mass is 16.2. The summed E-state index contributed by atoms with van der Waals surface area (Å²) in [5.41, 5.74) is 3.37. The Kier molecular flexibility index (Phi) is 3.21. The summed E-state index contributed by atoms with van der Waals surface area (Å²) in [5, 5.41) is 8.86. The van der Waals surface area contributed by atoms with Gasteiger partial charge < -0.3 is 16.0 Å². The van der Waals surface area contributed by atoms with E-state index >= 15 is 0 Å². The summed E-state index contributed by atoms with van der Waals surface area (Å²) in [6.45, 7) is 1.85. The van der Waals surface area contributed by atoms with Crippen LogP contribution in [-0.4, -0.2) is 24.4 Å². The maximum Gasteiger partial charge on any atom is 0.246 e. The summed E-state index contributed by atoms with van der Waals surface area (Å²) in [4.78, 5) is 23.1. The van der Waals surface area contributed by atoms with Crippen LogP contribution in [0.4, 0.5) is 5.69 Å². The Morgan fingerprint density at radius 2 is 2.16 bits per heavy atom. The monoisotopic (exact) mass is 259 g/mol. The molecule has 19 heavy (non-hydrogen) atoms. The molecule has 0 bridgehead atoms. The fraction of sp³-hybridized carbons (Fsp3) is 0.429. The molecule has 0 radical (unpaired) electrons. The second-order valence-electron chi connectivity index (χ2n) is 5.06. The van der Waals surface area contributed by atoms with E-state index in [1.165, 1.54) is 11.1 Å². The summed E-state index contributed by atoms with van der Waals surface area (Å²) in [5.74, 6) is -0.177. The van der Waals surface area contributed by atoms with Crippen LogP contribution in [0, 0.1) is 0 Å². The number of amides is 2. The van der Waals surface area contributed by atoms with E-state index in [1.807, 2.05) is 12.1 Å². The minimum atomic E-state index is -0.387. The number of rotatable bonds is 2. The highest BCUT2D eigenvalue weighted by Gasteiger charge is 2.27. The van der Waals surface area contributed by atoms with Crippen LogP contribution in [0.25, 0.3) is 0 Å². The summed E-state index contributed by atoms with van der Waals surface area (Å²) < 4.78 is 0. The van der Waals surface area contributed by atoms with Gasteiger partial charge in [0.2, 0.25) is 11.8 Å². The number of hydrogen-bond acceptors (Lipinski definition) is 3. The normalized spacial score (nSPS) is 21.7. The molecule has 0 unspecified atom stereocenters. The number of benzene rings is 1. The number of fused-ring (bicyclic) bond motifs is 1. The van der Waals surface area contributed by atoms with Crippen molar-refractivity contribution >= 4 is 17.5 Å². The van der Waals surface area contributed by atoms with Gasteiger partial charge in [0.05, 0.1) is 0 Å². The van der Waals surface area contributed by atoms with Gasteiger partial charge in [-0.3, -0.25) is 9.59 Å². The molecule has 2 aliphatic heterocycles. The first-order valence-corrected chi connectivity index (χ1v) is 6.65. The molecule has 2 aliphatic rings. The Morgan fingerprint density at radius 1 is 1.26 bits per heavy atom. The van der Waals surface area contributed by atoms with E-state index < -0.39 is 0 Å². The van der Waals surface area contributed by atoms with Crippen molar-refractivity contribution in [3.8, 4) is 0 Å². The number of carbonyl (C=O) groups excluding carboxylic acids is 2. The summed E-state index contributed by atoms with van der Waals surface area (Å²) in [6.07, 6.45) is 2.05. The van der Waals surface area contributed by atoms with Crippen molar-refractivity contribution in [2.24, 2.45) is 0 Å². The molecule has 3 N–H and O–H groups in total. The molecule has 1 saturated heterocycles. The van der Waals surface area contributed by atoms with Gasteiger partial charge in [-0.25, -0.2) is 0 Å². The second kappa shape index (κ2) is 5.01. The van der Waals surface area contributed by atoms with Gasteiger partial charge in [-0.2, -0.15) is 0 Å². The molecule has 2 heterocycles. The predicted octanol–water partition coefficient (Wildman–Crippen LogP) is 0.549. The minimum Gasteiger partial charge on any atom is -0.344 e. The van der Waals surface area contributed by atoms with Crippen molar-refractivity contribution < 1.29 is 9.59 Å². The van der Waals surface area contributed by atoms with Gasteiger partial charge in [-0.05, 0) is 42.6 Å². The van der Waals surface area contributed by atoms with Crippen LogP contribution in [0.15, 0.2) is 18.2 Å². The summed E-state index contributed by atoms with van der Waals surface area (Å²) in [6, 6.07) is 5.62. The third-order valence-electron chi connectivity index (χ3n) is 3.67. The fourth-order valence-electron chi connectivity index (χ4n) is 2.60. The van der Waals surface area contributed by atoms with E-state index in [0.29, 0.717) is 12.8 Å². The highest BCUT2D eigenvalue weighted by molar-refractivity contribution is 5.99. The molecule has 5 nitrogen and oxygen atoms in total. The lowest BCUT2D eigenvalue weighted by Crippen LogP contribution is -2.37. The number of anilines is 1. The Hall–Kier alpha value is -1.88. The summed E-state index contributed by atoms with van der Waals surface area (Å²) >= 11 is 0. The molecule has 1 fully saturated rings. The zero-order valence-electron chi connectivity index (χ0n) is 10.7. The molecule has 0 aliphatic carbocycles.